The van der Waals surface area contributed by atoms with Crippen molar-refractivity contribution in [2.24, 2.45) is 18.9 Å². The van der Waals surface area contributed by atoms with Gasteiger partial charge < -0.3 is 4.90 Å². The molecule has 8 nitrogen and oxygen atoms in total. The van der Waals surface area contributed by atoms with Crippen LogP contribution in [0.25, 0.3) is 11.0 Å². The average molecular weight is 413 g/mol. The lowest BCUT2D eigenvalue weighted by atomic mass is 10.0. The molecule has 5 rings (SSSR count). The van der Waals surface area contributed by atoms with Crippen LogP contribution in [0.2, 0.25) is 0 Å². The number of hydrogen-bond acceptors (Lipinski definition) is 6. The van der Waals surface area contributed by atoms with Crippen LogP contribution in [0.3, 0.4) is 0 Å². The van der Waals surface area contributed by atoms with E-state index in [0.717, 1.165) is 41.3 Å². The van der Waals surface area contributed by atoms with E-state index in [0.29, 0.717) is 24.9 Å². The highest BCUT2D eigenvalue weighted by molar-refractivity contribution is 7.88. The number of anilines is 1. The molecule has 9 heteroatoms. The van der Waals surface area contributed by atoms with Crippen LogP contribution in [0.5, 0.6) is 0 Å². The van der Waals surface area contributed by atoms with Gasteiger partial charge in [0, 0.05) is 33.2 Å². The first kappa shape index (κ1) is 18.5. The molecule has 2 unspecified atom stereocenters. The minimum absolute atomic E-state index is 0.0679. The molecule has 1 aromatic carbocycles. The number of aromatic nitrogens is 4. The number of aryl methyl sites for hydroxylation is 2. The van der Waals surface area contributed by atoms with Crippen LogP contribution < -0.4 is 4.90 Å². The van der Waals surface area contributed by atoms with Crippen molar-refractivity contribution in [3.8, 4) is 0 Å². The molecule has 0 amide bonds. The first-order chi connectivity index (χ1) is 13.9. The van der Waals surface area contributed by atoms with Crippen molar-refractivity contribution in [3.05, 3.63) is 47.9 Å². The fourth-order valence-electron chi connectivity index (χ4n) is 4.58. The van der Waals surface area contributed by atoms with E-state index in [9.17, 15) is 8.42 Å². The Kier molecular flexibility index (Phi) is 4.32. The van der Waals surface area contributed by atoms with Gasteiger partial charge in [-0.3, -0.25) is 4.68 Å². The lowest BCUT2D eigenvalue weighted by Gasteiger charge is -2.23. The van der Waals surface area contributed by atoms with Gasteiger partial charge in [0.2, 0.25) is 10.0 Å². The Bertz CT molecular complexity index is 1150. The Hall–Kier alpha value is -2.52. The number of hydrogen-bond donors (Lipinski definition) is 0. The Labute approximate surface area is 170 Å². The van der Waals surface area contributed by atoms with Gasteiger partial charge in [0.1, 0.15) is 11.6 Å². The molecule has 2 aliphatic rings. The summed E-state index contributed by atoms with van der Waals surface area (Å²) in [6.07, 6.45) is 1.81. The van der Waals surface area contributed by atoms with Crippen molar-refractivity contribution in [1.82, 2.24) is 24.1 Å². The van der Waals surface area contributed by atoms with Gasteiger partial charge in [0.25, 0.3) is 0 Å². The van der Waals surface area contributed by atoms with Gasteiger partial charge in [0.15, 0.2) is 5.65 Å². The Balaban J connectivity index is 1.33. The van der Waals surface area contributed by atoms with Gasteiger partial charge in [-0.2, -0.15) is 5.10 Å². The van der Waals surface area contributed by atoms with E-state index in [1.165, 1.54) is 0 Å². The van der Waals surface area contributed by atoms with Crippen LogP contribution in [0.1, 0.15) is 11.4 Å². The van der Waals surface area contributed by atoms with Crippen molar-refractivity contribution in [3.63, 3.8) is 0 Å². The molecule has 0 aliphatic carbocycles. The molecule has 4 heterocycles. The van der Waals surface area contributed by atoms with E-state index in [1.807, 2.05) is 50.5 Å². The minimum atomic E-state index is -3.30. The zero-order chi connectivity index (χ0) is 20.2. The molecule has 2 saturated heterocycles. The molecular formula is C20H24N6O2S. The monoisotopic (exact) mass is 412 g/mol. The van der Waals surface area contributed by atoms with Gasteiger partial charge in [-0.05, 0) is 24.3 Å². The quantitative estimate of drug-likeness (QED) is 0.647. The second kappa shape index (κ2) is 6.77. The lowest BCUT2D eigenvalue weighted by molar-refractivity contribution is 0.452. The van der Waals surface area contributed by atoms with Crippen LogP contribution in [0.15, 0.2) is 36.5 Å². The molecule has 2 fully saturated rings. The summed E-state index contributed by atoms with van der Waals surface area (Å²) in [4.78, 5) is 11.4. The molecule has 0 N–H and O–H groups in total. The zero-order valence-electron chi connectivity index (χ0n) is 16.6. The van der Waals surface area contributed by atoms with E-state index < -0.39 is 10.0 Å². The van der Waals surface area contributed by atoms with Gasteiger partial charge >= 0.3 is 0 Å². The minimum Gasteiger partial charge on any atom is -0.355 e. The van der Waals surface area contributed by atoms with E-state index in [1.54, 1.807) is 8.99 Å². The molecular weight excluding hydrogens is 388 g/mol. The molecule has 2 aliphatic heterocycles. The van der Waals surface area contributed by atoms with Crippen molar-refractivity contribution in [1.29, 1.82) is 0 Å². The standard InChI is InChI=1S/C20H24N6O2S/c1-14-22-19-18(8-21-24(19)2)20(23-14)25-9-16-11-26(12-17(16)10-25)29(27,28)13-15-6-4-3-5-7-15/h3-8,16-17H,9-13H2,1-2H3. The van der Waals surface area contributed by atoms with Crippen LogP contribution >= 0.6 is 0 Å². The SMILES string of the molecule is Cc1nc(N2CC3CN(S(=O)(=O)Cc4ccccc4)CC3C2)c2cnn(C)c2n1. The summed E-state index contributed by atoms with van der Waals surface area (Å²) in [6, 6.07) is 9.40. The molecule has 0 spiro atoms. The summed E-state index contributed by atoms with van der Waals surface area (Å²) in [5.74, 6) is 2.34. The third-order valence-corrected chi connectivity index (χ3v) is 7.80. The number of rotatable bonds is 4. The van der Waals surface area contributed by atoms with Crippen molar-refractivity contribution in [2.75, 3.05) is 31.1 Å². The highest BCUT2D eigenvalue weighted by Gasteiger charge is 2.44. The maximum Gasteiger partial charge on any atom is 0.218 e. The normalized spacial score (nSPS) is 22.5. The average Bonchev–Trinajstić information content (AvgIpc) is 3.35. The summed E-state index contributed by atoms with van der Waals surface area (Å²) in [7, 11) is -1.42. The number of sulfonamides is 1. The van der Waals surface area contributed by atoms with Crippen LogP contribution in [0.4, 0.5) is 5.82 Å². The summed E-state index contributed by atoms with van der Waals surface area (Å²) in [6.45, 7) is 4.67. The van der Waals surface area contributed by atoms with E-state index in [2.05, 4.69) is 20.0 Å². The second-order valence-corrected chi connectivity index (χ2v) is 10.1. The molecule has 152 valence electrons. The maximum atomic E-state index is 12.9. The molecule has 2 aromatic heterocycles. The van der Waals surface area contributed by atoms with Gasteiger partial charge in [-0.1, -0.05) is 30.3 Å². The smallest absolute Gasteiger partial charge is 0.218 e. The van der Waals surface area contributed by atoms with Crippen molar-refractivity contribution < 1.29 is 8.42 Å². The van der Waals surface area contributed by atoms with Gasteiger partial charge in [-0.25, -0.2) is 22.7 Å². The topological polar surface area (TPSA) is 84.2 Å². The molecule has 0 radical (unpaired) electrons. The van der Waals surface area contributed by atoms with Crippen molar-refractivity contribution >= 4 is 26.9 Å². The van der Waals surface area contributed by atoms with Crippen LogP contribution in [-0.4, -0.2) is 58.7 Å². The Morgan fingerprint density at radius 2 is 1.72 bits per heavy atom. The summed E-state index contributed by atoms with van der Waals surface area (Å²) < 4.78 is 29.2. The summed E-state index contributed by atoms with van der Waals surface area (Å²) in [5, 5.41) is 5.28. The molecule has 29 heavy (non-hydrogen) atoms. The Morgan fingerprint density at radius 1 is 1.03 bits per heavy atom. The molecule has 0 bridgehead atoms. The summed E-state index contributed by atoms with van der Waals surface area (Å²) in [5.41, 5.74) is 1.67. The predicted octanol–water partition coefficient (Wildman–Crippen LogP) is 1.57. The third-order valence-electron chi connectivity index (χ3n) is 6.02. The molecule has 0 saturated carbocycles. The number of fused-ring (bicyclic) bond motifs is 2. The molecule has 3 aromatic rings. The first-order valence-electron chi connectivity index (χ1n) is 9.84. The number of benzene rings is 1. The third kappa shape index (κ3) is 3.28. The maximum absolute atomic E-state index is 12.9. The highest BCUT2D eigenvalue weighted by Crippen LogP contribution is 2.37. The first-order valence-corrected chi connectivity index (χ1v) is 11.4. The van der Waals surface area contributed by atoms with E-state index in [4.69, 9.17) is 0 Å². The van der Waals surface area contributed by atoms with Crippen LogP contribution in [-0.2, 0) is 22.8 Å². The Morgan fingerprint density at radius 3 is 2.41 bits per heavy atom. The zero-order valence-corrected chi connectivity index (χ0v) is 17.4. The van der Waals surface area contributed by atoms with E-state index in [-0.39, 0.29) is 5.75 Å². The van der Waals surface area contributed by atoms with Gasteiger partial charge in [0.05, 0.1) is 17.3 Å². The van der Waals surface area contributed by atoms with Crippen molar-refractivity contribution in [2.45, 2.75) is 12.7 Å². The van der Waals surface area contributed by atoms with Gasteiger partial charge in [-0.15, -0.1) is 0 Å². The fourth-order valence-corrected chi connectivity index (χ4v) is 6.21. The predicted molar refractivity (Wildman–Crippen MR) is 111 cm³/mol. The largest absolute Gasteiger partial charge is 0.355 e. The number of nitrogens with zero attached hydrogens (tertiary/aromatic N) is 6. The molecule has 2 atom stereocenters. The highest BCUT2D eigenvalue weighted by atomic mass is 32.2. The summed E-state index contributed by atoms with van der Waals surface area (Å²) >= 11 is 0. The van der Waals surface area contributed by atoms with Crippen LogP contribution in [0, 0.1) is 18.8 Å². The second-order valence-electron chi connectivity index (χ2n) is 8.08. The lowest BCUT2D eigenvalue weighted by Crippen LogP contribution is -2.34. The van der Waals surface area contributed by atoms with E-state index >= 15 is 0 Å². The fraction of sp³-hybridized carbons (Fsp3) is 0.450.